The second-order valence-electron chi connectivity index (χ2n) is 3.67. The highest BCUT2D eigenvalue weighted by molar-refractivity contribution is 5.85. The summed E-state index contributed by atoms with van der Waals surface area (Å²) in [5, 5.41) is 8.87. The van der Waals surface area contributed by atoms with Gasteiger partial charge < -0.3 is 10.0 Å². The summed E-state index contributed by atoms with van der Waals surface area (Å²) in [5.41, 5.74) is -0.466. The number of nitrogens with zero attached hydrogens (tertiary/aromatic N) is 1. The molecule has 1 aliphatic rings. The highest BCUT2D eigenvalue weighted by Crippen LogP contribution is 2.30. The van der Waals surface area contributed by atoms with Gasteiger partial charge in [-0.1, -0.05) is 0 Å². The van der Waals surface area contributed by atoms with Crippen molar-refractivity contribution in [2.45, 2.75) is 19.8 Å². The van der Waals surface area contributed by atoms with Crippen LogP contribution in [0.25, 0.3) is 0 Å². The number of carbonyl (C=O) groups is 1. The maximum atomic E-state index is 10.8. The minimum atomic E-state index is -0.648. The summed E-state index contributed by atoms with van der Waals surface area (Å²) >= 11 is 0. The number of hydrogen-bond donors (Lipinski definition) is 1. The lowest BCUT2D eigenvalue weighted by molar-refractivity contribution is -0.150. The molecule has 3 nitrogen and oxygen atoms in total. The van der Waals surface area contributed by atoms with Crippen molar-refractivity contribution >= 4 is 18.4 Å². The Morgan fingerprint density at radius 1 is 1.42 bits per heavy atom. The van der Waals surface area contributed by atoms with Gasteiger partial charge in [-0.15, -0.1) is 12.4 Å². The third kappa shape index (κ3) is 2.35. The van der Waals surface area contributed by atoms with Gasteiger partial charge in [0.05, 0.1) is 5.41 Å². The summed E-state index contributed by atoms with van der Waals surface area (Å²) in [6.45, 7) is 3.65. The molecule has 1 rings (SSSR count). The van der Waals surface area contributed by atoms with E-state index in [1.165, 1.54) is 0 Å². The van der Waals surface area contributed by atoms with E-state index >= 15 is 0 Å². The number of rotatable bonds is 1. The average molecular weight is 194 g/mol. The predicted octanol–water partition coefficient (Wildman–Crippen LogP) is 1.22. The summed E-state index contributed by atoms with van der Waals surface area (Å²) in [6.07, 6.45) is 1.55. The number of aliphatic carboxylic acids is 1. The minimum absolute atomic E-state index is 0. The monoisotopic (exact) mass is 193 g/mol. The van der Waals surface area contributed by atoms with Crippen LogP contribution in [0.2, 0.25) is 0 Å². The first kappa shape index (κ1) is 11.7. The van der Waals surface area contributed by atoms with Crippen LogP contribution in [0.3, 0.4) is 0 Å². The molecule has 0 amide bonds. The van der Waals surface area contributed by atoms with Gasteiger partial charge in [0.2, 0.25) is 0 Å². The molecule has 0 aromatic carbocycles. The fourth-order valence-corrected chi connectivity index (χ4v) is 1.33. The van der Waals surface area contributed by atoms with Crippen LogP contribution in [-0.4, -0.2) is 36.1 Å². The van der Waals surface area contributed by atoms with Gasteiger partial charge in [-0.3, -0.25) is 4.79 Å². The molecule has 0 radical (unpaired) electrons. The molecule has 0 unspecified atom stereocenters. The van der Waals surface area contributed by atoms with Gasteiger partial charge in [0.15, 0.2) is 0 Å². The molecule has 1 N–H and O–H groups in total. The molecule has 0 saturated carbocycles. The molecule has 4 heteroatoms. The highest BCUT2D eigenvalue weighted by atomic mass is 35.5. The number of halogens is 1. The third-order valence-corrected chi connectivity index (χ3v) is 2.61. The summed E-state index contributed by atoms with van der Waals surface area (Å²) in [4.78, 5) is 12.9. The van der Waals surface area contributed by atoms with Crippen LogP contribution in [0.4, 0.5) is 0 Å². The van der Waals surface area contributed by atoms with Gasteiger partial charge in [-0.25, -0.2) is 0 Å². The van der Waals surface area contributed by atoms with Gasteiger partial charge in [0, 0.05) is 0 Å². The van der Waals surface area contributed by atoms with Crippen molar-refractivity contribution in [3.8, 4) is 0 Å². The van der Waals surface area contributed by atoms with Crippen LogP contribution in [0.15, 0.2) is 0 Å². The highest BCUT2D eigenvalue weighted by Gasteiger charge is 2.35. The van der Waals surface area contributed by atoms with Crippen molar-refractivity contribution in [1.82, 2.24) is 4.90 Å². The van der Waals surface area contributed by atoms with E-state index in [0.29, 0.717) is 0 Å². The Hall–Kier alpha value is -0.280. The molecule has 1 saturated heterocycles. The first-order valence-corrected chi connectivity index (χ1v) is 3.96. The number of carboxylic acids is 1. The van der Waals surface area contributed by atoms with Crippen molar-refractivity contribution in [2.24, 2.45) is 5.41 Å². The first-order chi connectivity index (χ1) is 5.04. The summed E-state index contributed by atoms with van der Waals surface area (Å²) in [7, 11) is 2.03. The van der Waals surface area contributed by atoms with Gasteiger partial charge in [-0.05, 0) is 39.9 Å². The molecule has 0 aliphatic carbocycles. The second-order valence-corrected chi connectivity index (χ2v) is 3.67. The molecular formula is C8H16ClNO2. The fraction of sp³-hybridized carbons (Fsp3) is 0.875. The lowest BCUT2D eigenvalue weighted by Gasteiger charge is -2.34. The van der Waals surface area contributed by atoms with Crippen LogP contribution in [-0.2, 0) is 4.79 Å². The van der Waals surface area contributed by atoms with Crippen LogP contribution in [0, 0.1) is 5.41 Å². The van der Waals surface area contributed by atoms with E-state index in [0.717, 1.165) is 25.9 Å². The summed E-state index contributed by atoms with van der Waals surface area (Å²) < 4.78 is 0. The molecule has 1 aliphatic heterocycles. The van der Waals surface area contributed by atoms with Crippen molar-refractivity contribution in [1.29, 1.82) is 0 Å². The lowest BCUT2D eigenvalue weighted by atomic mass is 9.81. The minimum Gasteiger partial charge on any atom is -0.481 e. The summed E-state index contributed by atoms with van der Waals surface area (Å²) in [6, 6.07) is 0. The average Bonchev–Trinajstić information content (AvgIpc) is 1.95. The Labute approximate surface area is 79.2 Å². The standard InChI is InChI=1S/C8H15NO2.ClH/c1-8(7(10)11)3-5-9(2)6-4-8;/h3-6H2,1-2H3,(H,10,11);1H. The SMILES string of the molecule is CN1CCC(C)(C(=O)O)CC1.Cl. The topological polar surface area (TPSA) is 40.5 Å². The molecule has 0 bridgehead atoms. The number of hydrogen-bond acceptors (Lipinski definition) is 2. The maximum absolute atomic E-state index is 10.8. The van der Waals surface area contributed by atoms with E-state index in [9.17, 15) is 4.79 Å². The quantitative estimate of drug-likeness (QED) is 0.681. The Morgan fingerprint density at radius 2 is 1.83 bits per heavy atom. The lowest BCUT2D eigenvalue weighted by Crippen LogP contribution is -2.40. The zero-order valence-electron chi connectivity index (χ0n) is 7.54. The van der Waals surface area contributed by atoms with Crippen LogP contribution in [0.5, 0.6) is 0 Å². The van der Waals surface area contributed by atoms with Crippen LogP contribution in [0.1, 0.15) is 19.8 Å². The smallest absolute Gasteiger partial charge is 0.309 e. The normalized spacial score (nSPS) is 22.8. The summed E-state index contributed by atoms with van der Waals surface area (Å²) in [5.74, 6) is -0.648. The van der Waals surface area contributed by atoms with E-state index in [-0.39, 0.29) is 12.4 Å². The molecule has 72 valence electrons. The molecule has 1 heterocycles. The van der Waals surface area contributed by atoms with Crippen molar-refractivity contribution < 1.29 is 9.90 Å². The molecule has 12 heavy (non-hydrogen) atoms. The Bertz CT molecular complexity index is 164. The van der Waals surface area contributed by atoms with Crippen molar-refractivity contribution in [3.05, 3.63) is 0 Å². The van der Waals surface area contributed by atoms with E-state index in [4.69, 9.17) is 5.11 Å². The molecule has 1 fully saturated rings. The molecule has 0 aromatic heterocycles. The van der Waals surface area contributed by atoms with Gasteiger partial charge in [0.1, 0.15) is 0 Å². The fourth-order valence-electron chi connectivity index (χ4n) is 1.33. The molecule has 0 atom stereocenters. The van der Waals surface area contributed by atoms with E-state index < -0.39 is 11.4 Å². The Kier molecular flexibility index (Phi) is 4.00. The molecular weight excluding hydrogens is 178 g/mol. The van der Waals surface area contributed by atoms with Crippen LogP contribution >= 0.6 is 12.4 Å². The number of piperidine rings is 1. The zero-order chi connectivity index (χ0) is 8.48. The van der Waals surface area contributed by atoms with Gasteiger partial charge >= 0.3 is 5.97 Å². The Balaban J connectivity index is 0.00000121. The van der Waals surface area contributed by atoms with Crippen molar-refractivity contribution in [2.75, 3.05) is 20.1 Å². The van der Waals surface area contributed by atoms with E-state index in [1.807, 2.05) is 14.0 Å². The molecule has 0 spiro atoms. The first-order valence-electron chi connectivity index (χ1n) is 3.96. The zero-order valence-corrected chi connectivity index (χ0v) is 8.36. The predicted molar refractivity (Wildman–Crippen MR) is 49.7 cm³/mol. The maximum Gasteiger partial charge on any atom is 0.309 e. The molecule has 0 aromatic rings. The van der Waals surface area contributed by atoms with E-state index in [2.05, 4.69) is 4.90 Å². The van der Waals surface area contributed by atoms with Crippen LogP contribution < -0.4 is 0 Å². The van der Waals surface area contributed by atoms with Crippen molar-refractivity contribution in [3.63, 3.8) is 0 Å². The van der Waals surface area contributed by atoms with E-state index in [1.54, 1.807) is 0 Å². The van der Waals surface area contributed by atoms with Gasteiger partial charge in [-0.2, -0.15) is 0 Å². The second kappa shape index (κ2) is 4.10. The Morgan fingerprint density at radius 3 is 2.17 bits per heavy atom. The largest absolute Gasteiger partial charge is 0.481 e. The van der Waals surface area contributed by atoms with Gasteiger partial charge in [0.25, 0.3) is 0 Å². The number of carboxylic acid groups (broad SMARTS) is 1. The number of likely N-dealkylation sites (tertiary alicyclic amines) is 1. The third-order valence-electron chi connectivity index (χ3n) is 2.61.